The number of ether oxygens (including phenoxy) is 1. The minimum Gasteiger partial charge on any atom is -0.490 e. The smallest absolute Gasteiger partial charge is 0.126 e. The lowest BCUT2D eigenvalue weighted by atomic mass is 9.97. The van der Waals surface area contributed by atoms with Crippen LogP contribution in [0.4, 0.5) is 0 Å². The molecule has 2 aromatic carbocycles. The molecular weight excluding hydrogens is 322 g/mol. The number of nitrogens with two attached hydrogens (primary N) is 1. The topological polar surface area (TPSA) is 59.6 Å². The molecule has 138 valence electrons. The highest BCUT2D eigenvalue weighted by molar-refractivity contribution is 6.00. The molecule has 1 fully saturated rings. The summed E-state index contributed by atoms with van der Waals surface area (Å²) in [5.74, 6) is 1.49. The first kappa shape index (κ1) is 18.5. The van der Waals surface area contributed by atoms with Gasteiger partial charge in [0.15, 0.2) is 0 Å². The second-order valence-electron chi connectivity index (χ2n) is 6.94. The van der Waals surface area contributed by atoms with Crippen molar-refractivity contribution in [1.29, 1.82) is 0 Å². The fourth-order valence-electron chi connectivity index (χ4n) is 3.34. The number of aliphatic imine (C=N–C) groups is 1. The third kappa shape index (κ3) is 4.25. The molecule has 1 aliphatic rings. The van der Waals surface area contributed by atoms with E-state index in [4.69, 9.17) is 10.5 Å². The van der Waals surface area contributed by atoms with Crippen LogP contribution in [0.15, 0.2) is 41.4 Å². The van der Waals surface area contributed by atoms with E-state index in [1.54, 1.807) is 0 Å². The largest absolute Gasteiger partial charge is 0.490 e. The van der Waals surface area contributed by atoms with Crippen LogP contribution in [0.1, 0.15) is 36.5 Å². The summed E-state index contributed by atoms with van der Waals surface area (Å²) in [6.45, 7) is 8.86. The quantitative estimate of drug-likeness (QED) is 0.636. The number of nitrogens with zero attached hydrogens (tertiary/aromatic N) is 1. The van der Waals surface area contributed by atoms with Crippen molar-refractivity contribution < 1.29 is 4.74 Å². The standard InChI is InChI=1S/C22H29N3O/c1-4-25-22(23)20-13-18(17-7-5-15(2)6-8-17)14-21(16(20)3)26-19-9-11-24-12-10-19/h5-8,13-14,19,24H,4,9-12H2,1-3H3,(H2,23,25). The van der Waals surface area contributed by atoms with Gasteiger partial charge in [-0.3, -0.25) is 4.99 Å². The summed E-state index contributed by atoms with van der Waals surface area (Å²) < 4.78 is 6.39. The summed E-state index contributed by atoms with van der Waals surface area (Å²) in [7, 11) is 0. The van der Waals surface area contributed by atoms with Crippen LogP contribution >= 0.6 is 0 Å². The lowest BCUT2D eigenvalue weighted by molar-refractivity contribution is 0.161. The molecule has 1 heterocycles. The van der Waals surface area contributed by atoms with Crippen LogP contribution in [-0.2, 0) is 0 Å². The Morgan fingerprint density at radius 3 is 2.46 bits per heavy atom. The van der Waals surface area contributed by atoms with Crippen molar-refractivity contribution in [1.82, 2.24) is 5.32 Å². The van der Waals surface area contributed by atoms with Crippen LogP contribution in [0.2, 0.25) is 0 Å². The molecule has 3 rings (SSSR count). The van der Waals surface area contributed by atoms with Crippen molar-refractivity contribution >= 4 is 5.84 Å². The number of hydrogen-bond donors (Lipinski definition) is 2. The summed E-state index contributed by atoms with van der Waals surface area (Å²) >= 11 is 0. The molecule has 0 radical (unpaired) electrons. The molecule has 3 N–H and O–H groups in total. The van der Waals surface area contributed by atoms with Crippen molar-refractivity contribution in [3.63, 3.8) is 0 Å². The van der Waals surface area contributed by atoms with Gasteiger partial charge in [0.25, 0.3) is 0 Å². The van der Waals surface area contributed by atoms with Gasteiger partial charge in [-0.2, -0.15) is 0 Å². The summed E-state index contributed by atoms with van der Waals surface area (Å²) in [6, 6.07) is 12.8. The van der Waals surface area contributed by atoms with Gasteiger partial charge in [0.2, 0.25) is 0 Å². The summed E-state index contributed by atoms with van der Waals surface area (Å²) in [5, 5.41) is 3.38. The Bertz CT molecular complexity index is 775. The van der Waals surface area contributed by atoms with E-state index in [1.807, 2.05) is 6.92 Å². The highest BCUT2D eigenvalue weighted by atomic mass is 16.5. The number of amidine groups is 1. The molecule has 0 bridgehead atoms. The second-order valence-corrected chi connectivity index (χ2v) is 6.94. The molecule has 1 aliphatic heterocycles. The predicted molar refractivity (Wildman–Crippen MR) is 109 cm³/mol. The minimum atomic E-state index is 0.250. The Labute approximate surface area is 156 Å². The van der Waals surface area contributed by atoms with Crippen LogP contribution in [0.5, 0.6) is 5.75 Å². The fourth-order valence-corrected chi connectivity index (χ4v) is 3.34. The van der Waals surface area contributed by atoms with Crippen molar-refractivity contribution in [3.8, 4) is 16.9 Å². The third-order valence-corrected chi connectivity index (χ3v) is 4.93. The van der Waals surface area contributed by atoms with Gasteiger partial charge < -0.3 is 15.8 Å². The average molecular weight is 351 g/mol. The maximum atomic E-state index is 6.39. The molecule has 4 nitrogen and oxygen atoms in total. The van der Waals surface area contributed by atoms with Gasteiger partial charge >= 0.3 is 0 Å². The van der Waals surface area contributed by atoms with E-state index in [1.165, 1.54) is 5.56 Å². The number of rotatable bonds is 5. The summed E-state index contributed by atoms with van der Waals surface area (Å²) in [6.07, 6.45) is 2.31. The molecule has 0 amide bonds. The lowest BCUT2D eigenvalue weighted by Gasteiger charge is -2.25. The Balaban J connectivity index is 2.03. The maximum absolute atomic E-state index is 6.39. The van der Waals surface area contributed by atoms with Gasteiger partial charge in [-0.25, -0.2) is 0 Å². The van der Waals surface area contributed by atoms with E-state index >= 15 is 0 Å². The lowest BCUT2D eigenvalue weighted by Crippen LogP contribution is -2.34. The first-order valence-corrected chi connectivity index (χ1v) is 9.48. The van der Waals surface area contributed by atoms with Crippen LogP contribution in [-0.4, -0.2) is 31.6 Å². The van der Waals surface area contributed by atoms with Crippen LogP contribution in [0.3, 0.4) is 0 Å². The first-order chi connectivity index (χ1) is 12.6. The molecule has 2 aromatic rings. The SMILES string of the molecule is CCN=C(N)c1cc(-c2ccc(C)cc2)cc(OC2CCNCC2)c1C. The van der Waals surface area contributed by atoms with E-state index in [2.05, 4.69) is 60.6 Å². The van der Waals surface area contributed by atoms with E-state index in [0.29, 0.717) is 12.4 Å². The van der Waals surface area contributed by atoms with Gasteiger partial charge in [0.1, 0.15) is 17.7 Å². The zero-order valence-electron chi connectivity index (χ0n) is 16.0. The monoisotopic (exact) mass is 351 g/mol. The molecule has 0 aromatic heterocycles. The van der Waals surface area contributed by atoms with E-state index in [-0.39, 0.29) is 6.10 Å². The Hall–Kier alpha value is -2.33. The number of piperidine rings is 1. The van der Waals surface area contributed by atoms with Gasteiger partial charge in [-0.05, 0) is 70.0 Å². The minimum absolute atomic E-state index is 0.250. The normalized spacial score (nSPS) is 15.9. The zero-order chi connectivity index (χ0) is 18.5. The first-order valence-electron chi connectivity index (χ1n) is 9.48. The number of aryl methyl sites for hydroxylation is 1. The highest BCUT2D eigenvalue weighted by Crippen LogP contribution is 2.32. The van der Waals surface area contributed by atoms with Crippen molar-refractivity contribution in [2.45, 2.75) is 39.7 Å². The van der Waals surface area contributed by atoms with Crippen LogP contribution < -0.4 is 15.8 Å². The van der Waals surface area contributed by atoms with Crippen molar-refractivity contribution in [2.24, 2.45) is 10.7 Å². The third-order valence-electron chi connectivity index (χ3n) is 4.93. The maximum Gasteiger partial charge on any atom is 0.126 e. The molecule has 0 spiro atoms. The Kier molecular flexibility index (Phi) is 5.94. The number of nitrogens with one attached hydrogen (secondary N) is 1. The summed E-state index contributed by atoms with van der Waals surface area (Å²) in [5.41, 5.74) is 11.8. The van der Waals surface area contributed by atoms with E-state index in [0.717, 1.165) is 53.9 Å². The predicted octanol–water partition coefficient (Wildman–Crippen LogP) is 3.83. The van der Waals surface area contributed by atoms with Crippen LogP contribution in [0.25, 0.3) is 11.1 Å². The average Bonchev–Trinajstić information content (AvgIpc) is 2.65. The molecular formula is C22H29N3O. The van der Waals surface area contributed by atoms with Gasteiger partial charge in [-0.1, -0.05) is 29.8 Å². The van der Waals surface area contributed by atoms with E-state index in [9.17, 15) is 0 Å². The molecule has 1 saturated heterocycles. The number of benzene rings is 2. The molecule has 26 heavy (non-hydrogen) atoms. The van der Waals surface area contributed by atoms with Crippen molar-refractivity contribution in [3.05, 3.63) is 53.1 Å². The molecule has 0 atom stereocenters. The summed E-state index contributed by atoms with van der Waals surface area (Å²) in [4.78, 5) is 4.42. The molecule has 4 heteroatoms. The molecule has 0 unspecified atom stereocenters. The Morgan fingerprint density at radius 1 is 1.12 bits per heavy atom. The zero-order valence-corrected chi connectivity index (χ0v) is 16.0. The second kappa shape index (κ2) is 8.37. The van der Waals surface area contributed by atoms with Gasteiger partial charge in [0, 0.05) is 17.7 Å². The highest BCUT2D eigenvalue weighted by Gasteiger charge is 2.18. The number of hydrogen-bond acceptors (Lipinski definition) is 3. The van der Waals surface area contributed by atoms with E-state index < -0.39 is 0 Å². The van der Waals surface area contributed by atoms with Crippen molar-refractivity contribution in [2.75, 3.05) is 19.6 Å². The molecule has 0 saturated carbocycles. The van der Waals surface area contributed by atoms with Crippen LogP contribution in [0, 0.1) is 13.8 Å². The Morgan fingerprint density at radius 2 is 1.81 bits per heavy atom. The van der Waals surface area contributed by atoms with Gasteiger partial charge in [0.05, 0.1) is 0 Å². The van der Waals surface area contributed by atoms with Gasteiger partial charge in [-0.15, -0.1) is 0 Å². The molecule has 0 aliphatic carbocycles. The fraction of sp³-hybridized carbons (Fsp3) is 0.409.